The first-order valence-electron chi connectivity index (χ1n) is 9.23. The van der Waals surface area contributed by atoms with E-state index in [0.29, 0.717) is 6.54 Å². The van der Waals surface area contributed by atoms with Gasteiger partial charge in [0, 0.05) is 43.6 Å². The standard InChI is InChI=1S/C18H28N4OS/c1-14-4-11-24-17(14)12-19-18(23)22-9-7-21(8-10-22)16-13-20-5-2-15(16)3-6-20/h4,11,15-16H,2-3,5-10,12-13H2,1H3,(H,19,23). The van der Waals surface area contributed by atoms with Crippen LogP contribution >= 0.6 is 11.3 Å². The van der Waals surface area contributed by atoms with Crippen LogP contribution in [0.1, 0.15) is 23.3 Å². The number of carbonyl (C=O) groups excluding carboxylic acids is 1. The molecule has 1 aromatic heterocycles. The predicted molar refractivity (Wildman–Crippen MR) is 97.4 cm³/mol. The zero-order valence-corrected chi connectivity index (χ0v) is 15.4. The highest BCUT2D eigenvalue weighted by Gasteiger charge is 2.38. The van der Waals surface area contributed by atoms with E-state index in [1.54, 1.807) is 11.3 Å². The Morgan fingerprint density at radius 2 is 1.96 bits per heavy atom. The summed E-state index contributed by atoms with van der Waals surface area (Å²) in [4.78, 5) is 20.9. The highest BCUT2D eigenvalue weighted by molar-refractivity contribution is 7.10. The quantitative estimate of drug-likeness (QED) is 0.908. The molecule has 1 unspecified atom stereocenters. The average molecular weight is 349 g/mol. The van der Waals surface area contributed by atoms with Crippen molar-refractivity contribution in [2.75, 3.05) is 45.8 Å². The minimum atomic E-state index is 0.0939. The van der Waals surface area contributed by atoms with Crippen LogP contribution in [0.4, 0.5) is 4.79 Å². The molecule has 2 bridgehead atoms. The third-order valence-corrected chi connectivity index (χ3v) is 7.08. The number of thiophene rings is 1. The molecule has 5 nitrogen and oxygen atoms in total. The topological polar surface area (TPSA) is 38.8 Å². The number of carbonyl (C=O) groups is 1. The lowest BCUT2D eigenvalue weighted by Gasteiger charge is -2.50. The molecular weight excluding hydrogens is 320 g/mol. The van der Waals surface area contributed by atoms with Crippen LogP contribution in [-0.4, -0.2) is 72.6 Å². The van der Waals surface area contributed by atoms with E-state index in [9.17, 15) is 4.79 Å². The van der Waals surface area contributed by atoms with Crippen molar-refractivity contribution in [3.8, 4) is 0 Å². The van der Waals surface area contributed by atoms with Crippen LogP contribution < -0.4 is 5.32 Å². The Balaban J connectivity index is 1.25. The first kappa shape index (κ1) is 16.4. The number of piperidine rings is 3. The third-order valence-electron chi connectivity index (χ3n) is 6.06. The second kappa shape index (κ2) is 7.02. The number of nitrogens with one attached hydrogen (secondary N) is 1. The fourth-order valence-corrected chi connectivity index (χ4v) is 5.30. The lowest BCUT2D eigenvalue weighted by molar-refractivity contribution is -0.0103. The van der Waals surface area contributed by atoms with Gasteiger partial charge in [-0.1, -0.05) is 0 Å². The SMILES string of the molecule is Cc1ccsc1CNC(=O)N1CCN(C2CN3CCC2CC3)CC1. The molecule has 1 N–H and O–H groups in total. The van der Waals surface area contributed by atoms with E-state index in [-0.39, 0.29) is 6.03 Å². The van der Waals surface area contributed by atoms with Crippen molar-refractivity contribution >= 4 is 17.4 Å². The van der Waals surface area contributed by atoms with Crippen molar-refractivity contribution in [3.05, 3.63) is 21.9 Å². The van der Waals surface area contributed by atoms with Crippen LogP contribution in [0.15, 0.2) is 11.4 Å². The Morgan fingerprint density at radius 3 is 2.54 bits per heavy atom. The molecule has 1 aromatic rings. The van der Waals surface area contributed by atoms with Gasteiger partial charge in [-0.05, 0) is 55.8 Å². The molecule has 5 heterocycles. The number of aryl methyl sites for hydroxylation is 1. The summed E-state index contributed by atoms with van der Waals surface area (Å²) in [5.74, 6) is 0.886. The number of rotatable bonds is 3. The van der Waals surface area contributed by atoms with Gasteiger partial charge in [-0.25, -0.2) is 4.79 Å². The van der Waals surface area contributed by atoms with Crippen molar-refractivity contribution in [3.63, 3.8) is 0 Å². The Morgan fingerprint density at radius 1 is 1.21 bits per heavy atom. The summed E-state index contributed by atoms with van der Waals surface area (Å²) in [5.41, 5.74) is 1.27. The molecular formula is C18H28N4OS. The van der Waals surface area contributed by atoms with Crippen LogP contribution in [-0.2, 0) is 6.54 Å². The van der Waals surface area contributed by atoms with Gasteiger partial charge >= 0.3 is 6.03 Å². The van der Waals surface area contributed by atoms with Crippen molar-refractivity contribution < 1.29 is 4.79 Å². The highest BCUT2D eigenvalue weighted by atomic mass is 32.1. The number of amides is 2. The first-order valence-corrected chi connectivity index (χ1v) is 10.1. The smallest absolute Gasteiger partial charge is 0.317 e. The third kappa shape index (κ3) is 3.32. The van der Waals surface area contributed by atoms with E-state index in [0.717, 1.165) is 38.1 Å². The van der Waals surface area contributed by atoms with Crippen LogP contribution in [0.25, 0.3) is 0 Å². The van der Waals surface area contributed by atoms with Gasteiger partial charge in [0.15, 0.2) is 0 Å². The summed E-state index contributed by atoms with van der Waals surface area (Å²) in [5, 5.41) is 5.17. The number of hydrogen-bond acceptors (Lipinski definition) is 4. The molecule has 0 spiro atoms. The summed E-state index contributed by atoms with van der Waals surface area (Å²) in [6.07, 6.45) is 2.73. The van der Waals surface area contributed by atoms with Crippen molar-refractivity contribution in [1.82, 2.24) is 20.0 Å². The number of fused-ring (bicyclic) bond motifs is 3. The van der Waals surface area contributed by atoms with E-state index < -0.39 is 0 Å². The van der Waals surface area contributed by atoms with E-state index in [2.05, 4.69) is 33.5 Å². The van der Waals surface area contributed by atoms with E-state index in [1.165, 1.54) is 42.9 Å². The van der Waals surface area contributed by atoms with Crippen LogP contribution in [0.2, 0.25) is 0 Å². The number of hydrogen-bond donors (Lipinski definition) is 1. The zero-order chi connectivity index (χ0) is 16.5. The fraction of sp³-hybridized carbons (Fsp3) is 0.722. The number of nitrogens with zero attached hydrogens (tertiary/aromatic N) is 3. The Kier molecular flexibility index (Phi) is 4.79. The molecule has 5 rings (SSSR count). The van der Waals surface area contributed by atoms with Crippen LogP contribution in [0.3, 0.4) is 0 Å². The molecule has 6 heteroatoms. The Labute approximate surface area is 148 Å². The van der Waals surface area contributed by atoms with Gasteiger partial charge in [0.25, 0.3) is 0 Å². The number of urea groups is 1. The summed E-state index contributed by atoms with van der Waals surface area (Å²) in [6.45, 7) is 10.4. The molecule has 4 fully saturated rings. The van der Waals surface area contributed by atoms with Gasteiger partial charge in [0.2, 0.25) is 0 Å². The molecule has 0 radical (unpaired) electrons. The van der Waals surface area contributed by atoms with Gasteiger partial charge in [-0.2, -0.15) is 0 Å². The summed E-state index contributed by atoms with van der Waals surface area (Å²) >= 11 is 1.72. The summed E-state index contributed by atoms with van der Waals surface area (Å²) < 4.78 is 0. The minimum absolute atomic E-state index is 0.0939. The first-order chi connectivity index (χ1) is 11.7. The molecule has 4 aliphatic rings. The van der Waals surface area contributed by atoms with Crippen molar-refractivity contribution in [2.24, 2.45) is 5.92 Å². The molecule has 0 aliphatic carbocycles. The molecule has 4 saturated heterocycles. The Hall–Kier alpha value is -1.11. The van der Waals surface area contributed by atoms with Crippen molar-refractivity contribution in [2.45, 2.75) is 32.4 Å². The van der Waals surface area contributed by atoms with Crippen LogP contribution in [0.5, 0.6) is 0 Å². The largest absolute Gasteiger partial charge is 0.333 e. The zero-order valence-electron chi connectivity index (χ0n) is 14.5. The maximum atomic E-state index is 12.4. The lowest BCUT2D eigenvalue weighted by atomic mass is 9.83. The molecule has 0 saturated carbocycles. The van der Waals surface area contributed by atoms with E-state index in [4.69, 9.17) is 0 Å². The van der Waals surface area contributed by atoms with Crippen LogP contribution in [0, 0.1) is 12.8 Å². The fourth-order valence-electron chi connectivity index (χ4n) is 4.46. The van der Waals surface area contributed by atoms with E-state index in [1.807, 2.05) is 4.90 Å². The lowest BCUT2D eigenvalue weighted by Crippen LogP contribution is -2.62. The van der Waals surface area contributed by atoms with Gasteiger partial charge in [0.1, 0.15) is 0 Å². The van der Waals surface area contributed by atoms with Gasteiger partial charge in [-0.3, -0.25) is 4.90 Å². The monoisotopic (exact) mass is 348 g/mol. The van der Waals surface area contributed by atoms with Gasteiger partial charge in [-0.15, -0.1) is 11.3 Å². The maximum Gasteiger partial charge on any atom is 0.317 e. The molecule has 4 aliphatic heterocycles. The van der Waals surface area contributed by atoms with Crippen molar-refractivity contribution in [1.29, 1.82) is 0 Å². The highest BCUT2D eigenvalue weighted by Crippen LogP contribution is 2.31. The summed E-state index contributed by atoms with van der Waals surface area (Å²) in [6, 6.07) is 2.93. The number of piperazine rings is 1. The van der Waals surface area contributed by atoms with Gasteiger partial charge < -0.3 is 15.1 Å². The molecule has 24 heavy (non-hydrogen) atoms. The Bertz CT molecular complexity index is 573. The molecule has 132 valence electrons. The molecule has 2 amide bonds. The maximum absolute atomic E-state index is 12.4. The second-order valence-electron chi connectivity index (χ2n) is 7.41. The van der Waals surface area contributed by atoms with E-state index >= 15 is 0 Å². The normalized spacial score (nSPS) is 30.5. The average Bonchev–Trinajstić information content (AvgIpc) is 3.06. The van der Waals surface area contributed by atoms with Gasteiger partial charge in [0.05, 0.1) is 6.54 Å². The minimum Gasteiger partial charge on any atom is -0.333 e. The molecule has 1 atom stereocenters. The predicted octanol–water partition coefficient (Wildman–Crippen LogP) is 1.98. The summed E-state index contributed by atoms with van der Waals surface area (Å²) in [7, 11) is 0. The molecule has 0 aromatic carbocycles. The second-order valence-corrected chi connectivity index (χ2v) is 8.41.